The van der Waals surface area contributed by atoms with Crippen LogP contribution in [-0.2, 0) is 10.8 Å². The van der Waals surface area contributed by atoms with Gasteiger partial charge in [-0.15, -0.1) is 11.3 Å². The predicted molar refractivity (Wildman–Crippen MR) is 269 cm³/mol. The summed E-state index contributed by atoms with van der Waals surface area (Å²) in [6.07, 6.45) is 0. The van der Waals surface area contributed by atoms with Crippen LogP contribution in [0.15, 0.2) is 224 Å². The van der Waals surface area contributed by atoms with E-state index in [2.05, 4.69) is 229 Å². The highest BCUT2D eigenvalue weighted by Crippen LogP contribution is 2.65. The molecule has 11 aromatic rings. The van der Waals surface area contributed by atoms with Crippen LogP contribution in [-0.4, -0.2) is 0 Å². The lowest BCUT2D eigenvalue weighted by atomic mass is 9.66. The lowest BCUT2D eigenvalue weighted by molar-refractivity contribution is 0.436. The first-order valence-corrected chi connectivity index (χ1v) is 23.5. The Morgan fingerprint density at radius 2 is 0.758 bits per heavy atom. The van der Waals surface area contributed by atoms with Crippen LogP contribution in [0, 0.1) is 0 Å². The quantitative estimate of drug-likeness (QED) is 0.177. The Hall–Kier alpha value is -8.18. The van der Waals surface area contributed by atoms with Crippen molar-refractivity contribution in [3.8, 4) is 45.3 Å². The second-order valence-corrected chi connectivity index (χ2v) is 18.9. The maximum Gasteiger partial charge on any atom is 0.134 e. The van der Waals surface area contributed by atoms with E-state index in [1.807, 2.05) is 11.3 Å². The summed E-state index contributed by atoms with van der Waals surface area (Å²) in [6.45, 7) is 0. The molecule has 10 aromatic carbocycles. The molecule has 1 aromatic heterocycles. The fourth-order valence-electron chi connectivity index (χ4n) is 12.3. The summed E-state index contributed by atoms with van der Waals surface area (Å²) < 4.78 is 16.6. The maximum atomic E-state index is 7.14. The van der Waals surface area contributed by atoms with E-state index in [1.54, 1.807) is 0 Å². The van der Waals surface area contributed by atoms with Gasteiger partial charge in [0.05, 0.1) is 16.5 Å². The number of thiophene rings is 1. The van der Waals surface area contributed by atoms with Crippen molar-refractivity contribution < 1.29 is 9.47 Å². The Labute approximate surface area is 386 Å². The first kappa shape index (κ1) is 36.2. The van der Waals surface area contributed by atoms with Gasteiger partial charge in [-0.25, -0.2) is 0 Å². The molecule has 2 spiro atoms. The van der Waals surface area contributed by atoms with Crippen LogP contribution >= 0.6 is 11.3 Å². The molecule has 0 radical (unpaired) electrons. The van der Waals surface area contributed by atoms with E-state index in [-0.39, 0.29) is 0 Å². The summed E-state index contributed by atoms with van der Waals surface area (Å²) >= 11 is 1.84. The Balaban J connectivity index is 1.02. The molecule has 0 saturated heterocycles. The molecule has 2 aliphatic carbocycles. The van der Waals surface area contributed by atoms with Crippen molar-refractivity contribution in [2.75, 3.05) is 4.90 Å². The van der Waals surface area contributed by atoms with Gasteiger partial charge < -0.3 is 14.4 Å². The molecule has 0 unspecified atom stereocenters. The van der Waals surface area contributed by atoms with Crippen molar-refractivity contribution in [3.05, 3.63) is 269 Å². The molecule has 0 bridgehead atoms. The third-order valence-electron chi connectivity index (χ3n) is 14.8. The SMILES string of the molecule is c1ccc2c(c1)Oc1cc(N(c3ccc4c(c3)C3(c5ccccc5O4)c4ccccc4-c4ccccc43)c3cccc4sc5ccccc5c34)ccc1C21c2ccccc2-c2ccccc21. The van der Waals surface area contributed by atoms with Gasteiger partial charge in [0.15, 0.2) is 0 Å². The first-order valence-electron chi connectivity index (χ1n) is 22.7. The Bertz CT molecular complexity index is 3790. The van der Waals surface area contributed by atoms with Gasteiger partial charge in [0, 0.05) is 59.9 Å². The van der Waals surface area contributed by atoms with E-state index in [0.717, 1.165) is 62.3 Å². The van der Waals surface area contributed by atoms with E-state index in [1.165, 1.54) is 64.7 Å². The van der Waals surface area contributed by atoms with Crippen molar-refractivity contribution >= 4 is 48.6 Å². The fourth-order valence-corrected chi connectivity index (χ4v) is 13.5. The Kier molecular flexibility index (Phi) is 7.24. The number of fused-ring (bicyclic) bond motifs is 21. The summed E-state index contributed by atoms with van der Waals surface area (Å²) in [7, 11) is 0. The molecule has 66 heavy (non-hydrogen) atoms. The number of benzene rings is 10. The molecule has 2 aliphatic heterocycles. The van der Waals surface area contributed by atoms with Gasteiger partial charge in [-0.05, 0) is 99.1 Å². The van der Waals surface area contributed by atoms with Crippen molar-refractivity contribution in [2.45, 2.75) is 10.8 Å². The van der Waals surface area contributed by atoms with Crippen LogP contribution in [0.5, 0.6) is 23.0 Å². The highest BCUT2D eigenvalue weighted by Gasteiger charge is 2.53. The number of rotatable bonds is 3. The largest absolute Gasteiger partial charge is 0.457 e. The van der Waals surface area contributed by atoms with Crippen LogP contribution < -0.4 is 14.4 Å². The topological polar surface area (TPSA) is 21.7 Å². The summed E-state index contributed by atoms with van der Waals surface area (Å²) in [4.78, 5) is 2.45. The zero-order chi connectivity index (χ0) is 43.1. The molecule has 0 amide bonds. The lowest BCUT2D eigenvalue weighted by Gasteiger charge is -2.41. The van der Waals surface area contributed by atoms with Gasteiger partial charge in [-0.3, -0.25) is 0 Å². The van der Waals surface area contributed by atoms with Crippen LogP contribution in [0.25, 0.3) is 42.4 Å². The number of nitrogens with zero attached hydrogens (tertiary/aromatic N) is 1. The molecule has 3 heterocycles. The third kappa shape index (κ3) is 4.51. The minimum Gasteiger partial charge on any atom is -0.457 e. The Morgan fingerprint density at radius 1 is 0.318 bits per heavy atom. The average Bonchev–Trinajstić information content (AvgIpc) is 4.00. The highest BCUT2D eigenvalue weighted by molar-refractivity contribution is 7.26. The van der Waals surface area contributed by atoms with Crippen molar-refractivity contribution in [1.29, 1.82) is 0 Å². The normalized spacial score (nSPS) is 14.5. The highest BCUT2D eigenvalue weighted by atomic mass is 32.1. The summed E-state index contributed by atoms with van der Waals surface area (Å²) in [5.41, 5.74) is 16.6. The molecular formula is C62H37NO2S. The van der Waals surface area contributed by atoms with Gasteiger partial charge in [0.25, 0.3) is 0 Å². The zero-order valence-electron chi connectivity index (χ0n) is 35.5. The molecule has 15 rings (SSSR count). The maximum absolute atomic E-state index is 7.14. The zero-order valence-corrected chi connectivity index (χ0v) is 36.4. The molecule has 3 nitrogen and oxygen atoms in total. The number of hydrogen-bond acceptors (Lipinski definition) is 4. The smallest absolute Gasteiger partial charge is 0.134 e. The van der Waals surface area contributed by atoms with Crippen molar-refractivity contribution in [2.24, 2.45) is 0 Å². The van der Waals surface area contributed by atoms with Crippen LogP contribution in [0.4, 0.5) is 17.1 Å². The van der Waals surface area contributed by atoms with E-state index in [0.29, 0.717) is 0 Å². The van der Waals surface area contributed by atoms with E-state index < -0.39 is 10.8 Å². The van der Waals surface area contributed by atoms with Gasteiger partial charge in [0.1, 0.15) is 23.0 Å². The number of anilines is 3. The number of ether oxygens (including phenoxy) is 2. The Morgan fingerprint density at radius 3 is 1.38 bits per heavy atom. The minimum atomic E-state index is -0.613. The third-order valence-corrected chi connectivity index (χ3v) is 15.9. The molecule has 4 heteroatoms. The van der Waals surface area contributed by atoms with Crippen molar-refractivity contribution in [1.82, 2.24) is 0 Å². The standard InChI is InChI=1S/C62H37NO2S/c1-6-21-45-40(16-1)41-17-2-7-22-46(41)61(45)49-25-10-13-29-55(49)65-57-37-39(32-34-51(57)61)63(53-27-15-31-59-60(53)44-20-5-14-30-58(44)66-59)38-33-35-56-52(36-38)62(50-26-11-12-28-54(50)64-56)47-23-8-3-18-42(47)43-19-4-9-24-48(43)62/h1-37H. The number of hydrogen-bond donors (Lipinski definition) is 0. The summed E-state index contributed by atoms with van der Waals surface area (Å²) in [6, 6.07) is 82.2. The first-order chi connectivity index (χ1) is 32.7. The van der Waals surface area contributed by atoms with E-state index >= 15 is 0 Å². The fraction of sp³-hybridized carbons (Fsp3) is 0.0323. The van der Waals surface area contributed by atoms with Gasteiger partial charge >= 0.3 is 0 Å². The second kappa shape index (κ2) is 13.2. The molecule has 0 N–H and O–H groups in total. The predicted octanol–water partition coefficient (Wildman–Crippen LogP) is 16.5. The molecule has 0 atom stereocenters. The monoisotopic (exact) mass is 859 g/mol. The average molecular weight is 860 g/mol. The van der Waals surface area contributed by atoms with Crippen LogP contribution in [0.1, 0.15) is 44.5 Å². The molecule has 4 aliphatic rings. The second-order valence-electron chi connectivity index (χ2n) is 17.8. The summed E-state index contributed by atoms with van der Waals surface area (Å²) in [5, 5.41) is 2.47. The minimum absolute atomic E-state index is 0.559. The van der Waals surface area contributed by atoms with Crippen molar-refractivity contribution in [3.63, 3.8) is 0 Å². The van der Waals surface area contributed by atoms with Crippen LogP contribution in [0.2, 0.25) is 0 Å². The number of para-hydroxylation sites is 2. The molecule has 0 saturated carbocycles. The summed E-state index contributed by atoms with van der Waals surface area (Å²) in [5.74, 6) is 3.45. The van der Waals surface area contributed by atoms with Gasteiger partial charge in [-0.2, -0.15) is 0 Å². The van der Waals surface area contributed by atoms with E-state index in [9.17, 15) is 0 Å². The van der Waals surface area contributed by atoms with Crippen LogP contribution in [0.3, 0.4) is 0 Å². The molecule has 308 valence electrons. The lowest BCUT2D eigenvalue weighted by Crippen LogP contribution is -2.32. The van der Waals surface area contributed by atoms with Gasteiger partial charge in [0.2, 0.25) is 0 Å². The molecule has 0 fully saturated rings. The van der Waals surface area contributed by atoms with E-state index in [4.69, 9.17) is 9.47 Å². The molecular weight excluding hydrogens is 823 g/mol. The van der Waals surface area contributed by atoms with Gasteiger partial charge in [-0.1, -0.05) is 164 Å².